The van der Waals surface area contributed by atoms with Crippen molar-refractivity contribution in [1.82, 2.24) is 10.3 Å². The van der Waals surface area contributed by atoms with Gasteiger partial charge in [-0.25, -0.2) is 4.98 Å². The van der Waals surface area contributed by atoms with Crippen LogP contribution in [0.25, 0.3) is 0 Å². The molecule has 1 rings (SSSR count). The average Bonchev–Trinajstić information content (AvgIpc) is 2.28. The van der Waals surface area contributed by atoms with Gasteiger partial charge >= 0.3 is 5.97 Å². The third-order valence-electron chi connectivity index (χ3n) is 2.61. The molecule has 0 bridgehead atoms. The van der Waals surface area contributed by atoms with E-state index in [4.69, 9.17) is 5.11 Å². The zero-order chi connectivity index (χ0) is 13.7. The van der Waals surface area contributed by atoms with Crippen LogP contribution in [0.4, 0.5) is 4.39 Å². The number of pyridine rings is 1. The van der Waals surface area contributed by atoms with Crippen LogP contribution in [-0.4, -0.2) is 28.5 Å². The van der Waals surface area contributed by atoms with Crippen LogP contribution in [0.3, 0.4) is 0 Å². The van der Waals surface area contributed by atoms with Crippen molar-refractivity contribution in [2.75, 3.05) is 6.54 Å². The second-order valence-electron chi connectivity index (χ2n) is 4.24. The Hall–Kier alpha value is -1.98. The Morgan fingerprint density at radius 1 is 1.50 bits per heavy atom. The Morgan fingerprint density at radius 2 is 2.17 bits per heavy atom. The topological polar surface area (TPSA) is 79.3 Å². The number of halogens is 1. The van der Waals surface area contributed by atoms with Crippen molar-refractivity contribution in [1.29, 1.82) is 0 Å². The van der Waals surface area contributed by atoms with Gasteiger partial charge < -0.3 is 10.4 Å². The predicted molar refractivity (Wildman–Crippen MR) is 62.5 cm³/mol. The van der Waals surface area contributed by atoms with Crippen LogP contribution in [0.2, 0.25) is 0 Å². The normalized spacial score (nSPS) is 12.2. The van der Waals surface area contributed by atoms with Gasteiger partial charge in [0, 0.05) is 12.7 Å². The largest absolute Gasteiger partial charge is 0.481 e. The van der Waals surface area contributed by atoms with E-state index in [0.29, 0.717) is 0 Å². The number of hydrogen-bond donors (Lipinski definition) is 2. The first kappa shape index (κ1) is 14.1. The maximum absolute atomic E-state index is 13.2. The van der Waals surface area contributed by atoms with E-state index in [1.807, 2.05) is 0 Å². The molecule has 5 nitrogen and oxygen atoms in total. The SMILES string of the molecule is CC(C)C(CNC(=O)c1cccnc1F)C(=O)O. The summed E-state index contributed by atoms with van der Waals surface area (Å²) in [4.78, 5) is 25.9. The van der Waals surface area contributed by atoms with Gasteiger partial charge in [0.15, 0.2) is 0 Å². The van der Waals surface area contributed by atoms with Crippen LogP contribution in [0.1, 0.15) is 24.2 Å². The minimum absolute atomic E-state index is 0.0415. The Morgan fingerprint density at radius 3 is 2.67 bits per heavy atom. The van der Waals surface area contributed by atoms with Crippen molar-refractivity contribution in [2.24, 2.45) is 11.8 Å². The molecule has 0 fully saturated rings. The van der Waals surface area contributed by atoms with E-state index in [0.717, 1.165) is 0 Å². The molecule has 0 radical (unpaired) electrons. The van der Waals surface area contributed by atoms with Crippen LogP contribution in [0, 0.1) is 17.8 Å². The standard InChI is InChI=1S/C12H15FN2O3/c1-7(2)9(12(17)18)6-15-11(16)8-4-3-5-14-10(8)13/h3-5,7,9H,6H2,1-2H3,(H,15,16)(H,17,18). The van der Waals surface area contributed by atoms with E-state index >= 15 is 0 Å². The maximum Gasteiger partial charge on any atom is 0.308 e. The minimum atomic E-state index is -0.989. The fourth-order valence-electron chi connectivity index (χ4n) is 1.46. The molecule has 1 unspecified atom stereocenters. The zero-order valence-corrected chi connectivity index (χ0v) is 10.2. The molecule has 0 aliphatic rings. The lowest BCUT2D eigenvalue weighted by molar-refractivity contribution is -0.142. The lowest BCUT2D eigenvalue weighted by atomic mass is 9.96. The summed E-state index contributed by atoms with van der Waals surface area (Å²) >= 11 is 0. The number of carboxylic acids is 1. The molecule has 2 N–H and O–H groups in total. The highest BCUT2D eigenvalue weighted by atomic mass is 19.1. The number of nitrogens with one attached hydrogen (secondary N) is 1. The van der Waals surface area contributed by atoms with Gasteiger partial charge in [-0.2, -0.15) is 4.39 Å². The summed E-state index contributed by atoms with van der Waals surface area (Å²) in [5.41, 5.74) is -0.189. The molecule has 18 heavy (non-hydrogen) atoms. The van der Waals surface area contributed by atoms with Crippen molar-refractivity contribution in [3.05, 3.63) is 29.8 Å². The van der Waals surface area contributed by atoms with Gasteiger partial charge in [0.1, 0.15) is 0 Å². The Labute approximate surface area is 104 Å². The summed E-state index contributed by atoms with van der Waals surface area (Å²) in [6, 6.07) is 2.73. The van der Waals surface area contributed by atoms with E-state index in [2.05, 4.69) is 10.3 Å². The van der Waals surface area contributed by atoms with Crippen molar-refractivity contribution < 1.29 is 19.1 Å². The van der Waals surface area contributed by atoms with Crippen LogP contribution >= 0.6 is 0 Å². The highest BCUT2D eigenvalue weighted by molar-refractivity contribution is 5.94. The number of rotatable bonds is 5. The molecular weight excluding hydrogens is 239 g/mol. The molecule has 0 spiro atoms. The zero-order valence-electron chi connectivity index (χ0n) is 10.2. The van der Waals surface area contributed by atoms with E-state index in [-0.39, 0.29) is 18.0 Å². The molecule has 1 atom stereocenters. The Balaban J connectivity index is 2.66. The number of hydrogen-bond acceptors (Lipinski definition) is 3. The predicted octanol–water partition coefficient (Wildman–Crippen LogP) is 1.31. The van der Waals surface area contributed by atoms with Gasteiger partial charge in [-0.05, 0) is 18.1 Å². The smallest absolute Gasteiger partial charge is 0.308 e. The molecule has 1 amide bonds. The summed E-state index contributed by atoms with van der Waals surface area (Å²) in [6.45, 7) is 3.45. The highest BCUT2D eigenvalue weighted by Gasteiger charge is 2.22. The molecule has 0 saturated heterocycles. The minimum Gasteiger partial charge on any atom is -0.481 e. The number of carboxylic acid groups (broad SMARTS) is 1. The van der Waals surface area contributed by atoms with Gasteiger partial charge in [0.05, 0.1) is 11.5 Å². The summed E-state index contributed by atoms with van der Waals surface area (Å²) in [6.07, 6.45) is 1.24. The van der Waals surface area contributed by atoms with Crippen molar-refractivity contribution in [3.8, 4) is 0 Å². The van der Waals surface area contributed by atoms with Gasteiger partial charge in [0.2, 0.25) is 5.95 Å². The second-order valence-corrected chi connectivity index (χ2v) is 4.24. The van der Waals surface area contributed by atoms with Crippen LogP contribution in [-0.2, 0) is 4.79 Å². The molecule has 0 aliphatic carbocycles. The molecule has 98 valence electrons. The van der Waals surface area contributed by atoms with E-state index < -0.39 is 23.7 Å². The fourth-order valence-corrected chi connectivity index (χ4v) is 1.46. The van der Waals surface area contributed by atoms with Crippen LogP contribution < -0.4 is 5.32 Å². The molecule has 0 aromatic carbocycles. The van der Waals surface area contributed by atoms with E-state index in [1.54, 1.807) is 13.8 Å². The van der Waals surface area contributed by atoms with E-state index in [1.165, 1.54) is 18.3 Å². The number of carbonyl (C=O) groups excluding carboxylic acids is 1. The second kappa shape index (κ2) is 6.09. The molecule has 1 aromatic rings. The van der Waals surface area contributed by atoms with Crippen LogP contribution in [0.15, 0.2) is 18.3 Å². The summed E-state index contributed by atoms with van der Waals surface area (Å²) in [5.74, 6) is -3.34. The molecule has 0 aliphatic heterocycles. The number of aromatic nitrogens is 1. The lowest BCUT2D eigenvalue weighted by Gasteiger charge is -2.16. The number of carbonyl (C=O) groups is 2. The maximum atomic E-state index is 13.2. The molecule has 1 heterocycles. The summed E-state index contributed by atoms with van der Waals surface area (Å²) < 4.78 is 13.2. The highest BCUT2D eigenvalue weighted by Crippen LogP contribution is 2.10. The lowest BCUT2D eigenvalue weighted by Crippen LogP contribution is -2.35. The third kappa shape index (κ3) is 3.51. The molecule has 1 aromatic heterocycles. The first-order valence-electron chi connectivity index (χ1n) is 5.55. The Bertz CT molecular complexity index is 449. The first-order valence-corrected chi connectivity index (χ1v) is 5.55. The third-order valence-corrected chi connectivity index (χ3v) is 2.61. The van der Waals surface area contributed by atoms with Crippen LogP contribution in [0.5, 0.6) is 0 Å². The number of nitrogens with zero attached hydrogens (tertiary/aromatic N) is 1. The Kier molecular flexibility index (Phi) is 4.76. The van der Waals surface area contributed by atoms with Crippen molar-refractivity contribution in [3.63, 3.8) is 0 Å². The fraction of sp³-hybridized carbons (Fsp3) is 0.417. The number of amides is 1. The first-order chi connectivity index (χ1) is 8.43. The average molecular weight is 254 g/mol. The van der Waals surface area contributed by atoms with Crippen molar-refractivity contribution >= 4 is 11.9 Å². The monoisotopic (exact) mass is 254 g/mol. The quantitative estimate of drug-likeness (QED) is 0.776. The number of aliphatic carboxylic acids is 1. The van der Waals surface area contributed by atoms with Gasteiger partial charge in [0.25, 0.3) is 5.91 Å². The summed E-state index contributed by atoms with van der Waals surface area (Å²) in [7, 11) is 0. The molecule has 0 saturated carbocycles. The van der Waals surface area contributed by atoms with Gasteiger partial charge in [-0.15, -0.1) is 0 Å². The summed E-state index contributed by atoms with van der Waals surface area (Å²) in [5, 5.41) is 11.3. The van der Waals surface area contributed by atoms with E-state index in [9.17, 15) is 14.0 Å². The van der Waals surface area contributed by atoms with Gasteiger partial charge in [-0.3, -0.25) is 9.59 Å². The van der Waals surface area contributed by atoms with Crippen molar-refractivity contribution in [2.45, 2.75) is 13.8 Å². The van der Waals surface area contributed by atoms with Gasteiger partial charge in [-0.1, -0.05) is 13.8 Å². The molecular formula is C12H15FN2O3. The molecule has 6 heteroatoms.